The highest BCUT2D eigenvalue weighted by atomic mass is 32.2. The van der Waals surface area contributed by atoms with Gasteiger partial charge in [0, 0.05) is 49.0 Å². The van der Waals surface area contributed by atoms with Crippen LogP contribution in [0.5, 0.6) is 0 Å². The zero-order valence-corrected chi connectivity index (χ0v) is 21.6. The van der Waals surface area contributed by atoms with Gasteiger partial charge in [0.05, 0.1) is 22.9 Å². The Balaban J connectivity index is 1.77. The van der Waals surface area contributed by atoms with Crippen molar-refractivity contribution < 1.29 is 23.9 Å². The van der Waals surface area contributed by atoms with Crippen molar-refractivity contribution in [1.29, 1.82) is 0 Å². The number of thioether (sulfide) groups is 1. The van der Waals surface area contributed by atoms with Gasteiger partial charge in [-0.15, -0.1) is 0 Å². The van der Waals surface area contributed by atoms with Crippen molar-refractivity contribution in [1.82, 2.24) is 9.88 Å². The predicted molar refractivity (Wildman–Crippen MR) is 140 cm³/mol. The van der Waals surface area contributed by atoms with E-state index in [4.69, 9.17) is 9.47 Å². The van der Waals surface area contributed by atoms with Crippen molar-refractivity contribution in [3.05, 3.63) is 59.7 Å². The molecule has 1 aliphatic rings. The van der Waals surface area contributed by atoms with E-state index in [1.165, 1.54) is 11.8 Å². The third kappa shape index (κ3) is 5.12. The van der Waals surface area contributed by atoms with Crippen LogP contribution >= 0.6 is 11.8 Å². The lowest BCUT2D eigenvalue weighted by Crippen LogP contribution is -2.44. The zero-order chi connectivity index (χ0) is 25.7. The fourth-order valence-corrected chi connectivity index (χ4v) is 5.52. The largest absolute Gasteiger partial charge is 0.462 e. The summed E-state index contributed by atoms with van der Waals surface area (Å²) in [5.41, 5.74) is 2.74. The maximum absolute atomic E-state index is 13.8. The Kier molecular flexibility index (Phi) is 8.32. The fourth-order valence-electron chi connectivity index (χ4n) is 4.45. The molecule has 36 heavy (non-hydrogen) atoms. The van der Waals surface area contributed by atoms with Crippen LogP contribution in [0.4, 0.5) is 5.69 Å². The number of rotatable bonds is 9. The maximum Gasteiger partial charge on any atom is 0.338 e. The average molecular weight is 510 g/mol. The highest BCUT2D eigenvalue weighted by molar-refractivity contribution is 8.00. The minimum Gasteiger partial charge on any atom is -0.462 e. The molecular formula is C27H31N3O5S. The summed E-state index contributed by atoms with van der Waals surface area (Å²) >= 11 is 1.44. The summed E-state index contributed by atoms with van der Waals surface area (Å²) in [5.74, 6) is -0.681. The molecule has 0 fully saturated rings. The van der Waals surface area contributed by atoms with Gasteiger partial charge in [-0.05, 0) is 50.6 Å². The van der Waals surface area contributed by atoms with Gasteiger partial charge in [-0.2, -0.15) is 0 Å². The quantitative estimate of drug-likeness (QED) is 0.345. The SMILES string of the molecule is CCOCCCNC(=O)C1c2c(n(C)c3ccccc23)SCC(=O)N1c1ccc(C(=O)OCC)cc1. The fraction of sp³-hybridized carbons (Fsp3) is 0.370. The lowest BCUT2D eigenvalue weighted by atomic mass is 10.0. The molecule has 9 heteroatoms. The number of para-hydroxylation sites is 1. The van der Waals surface area contributed by atoms with E-state index in [0.717, 1.165) is 21.5 Å². The van der Waals surface area contributed by atoms with Gasteiger partial charge < -0.3 is 19.4 Å². The van der Waals surface area contributed by atoms with Gasteiger partial charge in [0.25, 0.3) is 0 Å². The molecular weight excluding hydrogens is 478 g/mol. The standard InChI is InChI=1S/C27H31N3O5S/c1-4-34-16-8-15-28-25(32)24-23-20-9-6-7-10-21(20)29(3)26(23)36-17-22(31)30(24)19-13-11-18(12-14-19)27(33)35-5-2/h6-7,9-14,24H,4-5,8,15-17H2,1-3H3,(H,28,32). The highest BCUT2D eigenvalue weighted by Gasteiger charge is 2.39. The third-order valence-electron chi connectivity index (χ3n) is 6.10. The van der Waals surface area contributed by atoms with Crippen LogP contribution in [0, 0.1) is 0 Å². The Morgan fingerprint density at radius 2 is 1.83 bits per heavy atom. The summed E-state index contributed by atoms with van der Waals surface area (Å²) in [7, 11) is 1.96. The van der Waals surface area contributed by atoms with Gasteiger partial charge in [0.1, 0.15) is 6.04 Å². The molecule has 1 N–H and O–H groups in total. The molecule has 2 aromatic carbocycles. The van der Waals surface area contributed by atoms with E-state index in [2.05, 4.69) is 5.32 Å². The van der Waals surface area contributed by atoms with E-state index >= 15 is 0 Å². The monoisotopic (exact) mass is 509 g/mol. The molecule has 0 spiro atoms. The second-order valence-corrected chi connectivity index (χ2v) is 9.32. The number of esters is 1. The van der Waals surface area contributed by atoms with Crippen LogP contribution in [0.3, 0.4) is 0 Å². The Hall–Kier alpha value is -3.30. The Bertz CT molecular complexity index is 1250. The van der Waals surface area contributed by atoms with Crippen molar-refractivity contribution in [2.24, 2.45) is 7.05 Å². The Labute approximate surface area is 214 Å². The molecule has 190 valence electrons. The molecule has 1 unspecified atom stereocenters. The van der Waals surface area contributed by atoms with E-state index in [1.807, 2.05) is 42.8 Å². The van der Waals surface area contributed by atoms with Crippen molar-refractivity contribution in [2.75, 3.05) is 37.0 Å². The number of anilines is 1. The van der Waals surface area contributed by atoms with Gasteiger partial charge in [-0.25, -0.2) is 4.79 Å². The summed E-state index contributed by atoms with van der Waals surface area (Å²) in [4.78, 5) is 40.9. The van der Waals surface area contributed by atoms with Gasteiger partial charge in [0.2, 0.25) is 11.8 Å². The summed E-state index contributed by atoms with van der Waals surface area (Å²) in [6.45, 7) is 5.57. The van der Waals surface area contributed by atoms with Crippen LogP contribution in [0.1, 0.15) is 42.2 Å². The first-order valence-corrected chi connectivity index (χ1v) is 13.1. The van der Waals surface area contributed by atoms with Crippen molar-refractivity contribution in [2.45, 2.75) is 31.3 Å². The topological polar surface area (TPSA) is 89.9 Å². The number of carbonyl (C=O) groups excluding carboxylic acids is 3. The minimum absolute atomic E-state index is 0.182. The molecule has 0 radical (unpaired) electrons. The third-order valence-corrected chi connectivity index (χ3v) is 7.26. The molecule has 1 aromatic heterocycles. The summed E-state index contributed by atoms with van der Waals surface area (Å²) in [5, 5.41) is 4.84. The second-order valence-electron chi connectivity index (χ2n) is 8.36. The van der Waals surface area contributed by atoms with E-state index in [0.29, 0.717) is 37.4 Å². The van der Waals surface area contributed by atoms with E-state index in [-0.39, 0.29) is 24.2 Å². The molecule has 1 atom stereocenters. The molecule has 0 bridgehead atoms. The first-order chi connectivity index (χ1) is 17.5. The number of nitrogens with one attached hydrogen (secondary N) is 1. The molecule has 3 aromatic rings. The smallest absolute Gasteiger partial charge is 0.338 e. The summed E-state index contributed by atoms with van der Waals surface area (Å²) in [6.07, 6.45) is 0.672. The average Bonchev–Trinajstić information content (AvgIpc) is 3.06. The molecule has 2 amide bonds. The molecule has 8 nitrogen and oxygen atoms in total. The minimum atomic E-state index is -0.867. The first-order valence-electron chi connectivity index (χ1n) is 12.1. The maximum atomic E-state index is 13.8. The molecule has 2 heterocycles. The number of aryl methyl sites for hydroxylation is 1. The Morgan fingerprint density at radius 1 is 1.08 bits per heavy atom. The number of carbonyl (C=O) groups is 3. The van der Waals surface area contributed by atoms with Crippen LogP contribution in [0.15, 0.2) is 53.6 Å². The van der Waals surface area contributed by atoms with Gasteiger partial charge in [0.15, 0.2) is 0 Å². The Morgan fingerprint density at radius 3 is 2.56 bits per heavy atom. The summed E-state index contributed by atoms with van der Waals surface area (Å²) < 4.78 is 12.5. The summed E-state index contributed by atoms with van der Waals surface area (Å²) in [6, 6.07) is 13.7. The lowest BCUT2D eigenvalue weighted by molar-refractivity contribution is -0.125. The number of hydrogen-bond donors (Lipinski definition) is 1. The van der Waals surface area contributed by atoms with E-state index in [1.54, 1.807) is 36.1 Å². The molecule has 0 saturated heterocycles. The number of hydrogen-bond acceptors (Lipinski definition) is 6. The molecule has 0 saturated carbocycles. The first kappa shape index (κ1) is 25.8. The number of benzene rings is 2. The van der Waals surface area contributed by atoms with Crippen LogP contribution < -0.4 is 10.2 Å². The van der Waals surface area contributed by atoms with Crippen molar-refractivity contribution >= 4 is 46.1 Å². The van der Waals surface area contributed by atoms with Crippen molar-refractivity contribution in [3.8, 4) is 0 Å². The normalized spacial score (nSPS) is 15.5. The highest BCUT2D eigenvalue weighted by Crippen LogP contribution is 2.43. The van der Waals surface area contributed by atoms with Crippen LogP contribution in [0.2, 0.25) is 0 Å². The van der Waals surface area contributed by atoms with Crippen LogP contribution in [-0.4, -0.2) is 54.5 Å². The van der Waals surface area contributed by atoms with Gasteiger partial charge in [-0.1, -0.05) is 30.0 Å². The van der Waals surface area contributed by atoms with Gasteiger partial charge in [-0.3, -0.25) is 14.5 Å². The molecule has 0 aliphatic carbocycles. The van der Waals surface area contributed by atoms with Crippen LogP contribution in [-0.2, 0) is 26.1 Å². The van der Waals surface area contributed by atoms with E-state index in [9.17, 15) is 14.4 Å². The number of aromatic nitrogens is 1. The van der Waals surface area contributed by atoms with E-state index < -0.39 is 12.0 Å². The number of ether oxygens (including phenoxy) is 2. The number of nitrogens with zero attached hydrogens (tertiary/aromatic N) is 2. The lowest BCUT2D eigenvalue weighted by Gasteiger charge is -2.30. The van der Waals surface area contributed by atoms with Crippen molar-refractivity contribution in [3.63, 3.8) is 0 Å². The number of fused-ring (bicyclic) bond motifs is 3. The predicted octanol–water partition coefficient (Wildman–Crippen LogP) is 4.08. The zero-order valence-electron chi connectivity index (χ0n) is 20.8. The second kappa shape index (κ2) is 11.6. The van der Waals surface area contributed by atoms with Crippen LogP contribution in [0.25, 0.3) is 10.9 Å². The van der Waals surface area contributed by atoms with Gasteiger partial charge >= 0.3 is 5.97 Å². The number of amides is 2. The molecule has 1 aliphatic heterocycles. The molecule has 4 rings (SSSR count).